The number of carbonyl (C=O) groups excluding carboxylic acids is 2. The Bertz CT molecular complexity index is 945. The summed E-state index contributed by atoms with van der Waals surface area (Å²) >= 11 is 0. The Balaban J connectivity index is 1.73. The van der Waals surface area contributed by atoms with Gasteiger partial charge in [0.2, 0.25) is 0 Å². The smallest absolute Gasteiger partial charge is 0.254 e. The number of benzene rings is 2. The molecular formula is C31H45N3O2. The molecule has 196 valence electrons. The number of carbonyl (C=O) groups is 2. The van der Waals surface area contributed by atoms with Gasteiger partial charge >= 0.3 is 0 Å². The molecule has 0 atom stereocenters. The van der Waals surface area contributed by atoms with Crippen molar-refractivity contribution < 1.29 is 9.59 Å². The second-order valence-electron chi connectivity index (χ2n) is 10.6. The first-order valence-corrected chi connectivity index (χ1v) is 13.8. The molecule has 0 bridgehead atoms. The Kier molecular flexibility index (Phi) is 11.0. The van der Waals surface area contributed by atoms with Gasteiger partial charge in [-0.15, -0.1) is 0 Å². The van der Waals surface area contributed by atoms with Crippen molar-refractivity contribution >= 4 is 11.8 Å². The maximum Gasteiger partial charge on any atom is 0.254 e. The molecule has 3 rings (SSSR count). The lowest BCUT2D eigenvalue weighted by atomic mass is 9.99. The van der Waals surface area contributed by atoms with Crippen molar-refractivity contribution in [3.63, 3.8) is 0 Å². The van der Waals surface area contributed by atoms with Crippen LogP contribution in [0.2, 0.25) is 0 Å². The van der Waals surface area contributed by atoms with E-state index in [0.717, 1.165) is 50.0 Å². The van der Waals surface area contributed by atoms with Crippen LogP contribution < -0.4 is 5.32 Å². The highest BCUT2D eigenvalue weighted by atomic mass is 16.2. The van der Waals surface area contributed by atoms with Gasteiger partial charge in [-0.3, -0.25) is 9.59 Å². The lowest BCUT2D eigenvalue weighted by molar-refractivity contribution is 0.0546. The monoisotopic (exact) mass is 491 g/mol. The number of nitrogens with one attached hydrogen (secondary N) is 1. The van der Waals surface area contributed by atoms with Crippen LogP contribution in [-0.4, -0.2) is 54.3 Å². The normalized spacial score (nSPS) is 14.7. The van der Waals surface area contributed by atoms with Crippen LogP contribution in [-0.2, 0) is 13.0 Å². The zero-order valence-electron chi connectivity index (χ0n) is 22.8. The molecule has 0 saturated carbocycles. The predicted octanol–water partition coefficient (Wildman–Crippen LogP) is 5.93. The van der Waals surface area contributed by atoms with Gasteiger partial charge in [0, 0.05) is 43.9 Å². The summed E-state index contributed by atoms with van der Waals surface area (Å²) in [6, 6.07) is 16.1. The van der Waals surface area contributed by atoms with Crippen LogP contribution >= 0.6 is 0 Å². The first-order valence-electron chi connectivity index (χ1n) is 13.8. The number of unbranched alkanes of at least 4 members (excludes halogenated alkanes) is 2. The van der Waals surface area contributed by atoms with Gasteiger partial charge < -0.3 is 15.1 Å². The highest BCUT2D eigenvalue weighted by Gasteiger charge is 2.29. The van der Waals surface area contributed by atoms with Crippen LogP contribution in [0.15, 0.2) is 48.5 Å². The summed E-state index contributed by atoms with van der Waals surface area (Å²) in [6.45, 7) is 10.5. The molecule has 36 heavy (non-hydrogen) atoms. The van der Waals surface area contributed by atoms with Crippen molar-refractivity contribution in [1.82, 2.24) is 15.1 Å². The Morgan fingerprint density at radius 1 is 0.944 bits per heavy atom. The quantitative estimate of drug-likeness (QED) is 0.374. The molecular weight excluding hydrogens is 446 g/mol. The molecule has 1 saturated heterocycles. The zero-order chi connectivity index (χ0) is 25.9. The van der Waals surface area contributed by atoms with E-state index in [1.807, 2.05) is 36.4 Å². The molecule has 5 nitrogen and oxygen atoms in total. The van der Waals surface area contributed by atoms with E-state index in [0.29, 0.717) is 18.0 Å². The van der Waals surface area contributed by atoms with Crippen molar-refractivity contribution in [2.75, 3.05) is 26.7 Å². The molecule has 2 aromatic carbocycles. The van der Waals surface area contributed by atoms with Crippen LogP contribution in [0.3, 0.4) is 0 Å². The lowest BCUT2D eigenvalue weighted by Crippen LogP contribution is -2.47. The summed E-state index contributed by atoms with van der Waals surface area (Å²) in [6.07, 6.45) is 7.92. The molecule has 1 fully saturated rings. The molecule has 1 heterocycles. The molecule has 2 aromatic rings. The van der Waals surface area contributed by atoms with Gasteiger partial charge in [-0.2, -0.15) is 0 Å². The first-order chi connectivity index (χ1) is 17.4. The zero-order valence-corrected chi connectivity index (χ0v) is 22.8. The second kappa shape index (κ2) is 14.2. The average Bonchev–Trinajstić information content (AvgIpc) is 2.91. The number of nitrogens with zero attached hydrogens (tertiary/aromatic N) is 2. The average molecular weight is 492 g/mol. The van der Waals surface area contributed by atoms with E-state index in [1.54, 1.807) is 7.05 Å². The van der Waals surface area contributed by atoms with Gasteiger partial charge in [0.25, 0.3) is 11.8 Å². The molecule has 0 unspecified atom stereocenters. The summed E-state index contributed by atoms with van der Waals surface area (Å²) < 4.78 is 0. The molecule has 0 aliphatic carbocycles. The third kappa shape index (κ3) is 8.19. The SMILES string of the molecule is CCCCCc1ccc(C(=O)N(Cc2ccc(C(=O)NC)cc2)C2CCN(CCC(C)C)CC2)cc1. The number of amides is 2. The Morgan fingerprint density at radius 3 is 2.14 bits per heavy atom. The van der Waals surface area contributed by atoms with Gasteiger partial charge in [-0.25, -0.2) is 0 Å². The van der Waals surface area contributed by atoms with Gasteiger partial charge in [0.15, 0.2) is 0 Å². The highest BCUT2D eigenvalue weighted by Crippen LogP contribution is 2.23. The van der Waals surface area contributed by atoms with Gasteiger partial charge in [0.05, 0.1) is 0 Å². The minimum atomic E-state index is -0.0951. The van der Waals surface area contributed by atoms with Crippen LogP contribution in [0.4, 0.5) is 0 Å². The largest absolute Gasteiger partial charge is 0.355 e. The molecule has 0 spiro atoms. The number of aryl methyl sites for hydroxylation is 1. The topological polar surface area (TPSA) is 52.7 Å². The fraction of sp³-hybridized carbons (Fsp3) is 0.548. The van der Waals surface area contributed by atoms with Crippen LogP contribution in [0.1, 0.15) is 91.1 Å². The van der Waals surface area contributed by atoms with Crippen LogP contribution in [0.5, 0.6) is 0 Å². The van der Waals surface area contributed by atoms with E-state index in [1.165, 1.54) is 31.2 Å². The molecule has 2 amide bonds. The molecule has 0 radical (unpaired) electrons. The number of hydrogen-bond acceptors (Lipinski definition) is 3. The molecule has 1 aliphatic heterocycles. The van der Waals surface area contributed by atoms with Crippen molar-refractivity contribution in [2.45, 2.75) is 78.3 Å². The van der Waals surface area contributed by atoms with E-state index >= 15 is 0 Å². The fourth-order valence-electron chi connectivity index (χ4n) is 4.92. The first kappa shape index (κ1) is 27.9. The third-order valence-corrected chi connectivity index (χ3v) is 7.35. The predicted molar refractivity (Wildman–Crippen MR) is 148 cm³/mol. The molecule has 0 aromatic heterocycles. The number of piperidine rings is 1. The Hall–Kier alpha value is -2.66. The Morgan fingerprint density at radius 2 is 1.56 bits per heavy atom. The summed E-state index contributed by atoms with van der Waals surface area (Å²) in [7, 11) is 1.64. The van der Waals surface area contributed by atoms with E-state index in [-0.39, 0.29) is 17.9 Å². The minimum Gasteiger partial charge on any atom is -0.355 e. The van der Waals surface area contributed by atoms with E-state index < -0.39 is 0 Å². The summed E-state index contributed by atoms with van der Waals surface area (Å²) in [4.78, 5) is 30.3. The fourth-order valence-corrected chi connectivity index (χ4v) is 4.92. The lowest BCUT2D eigenvalue weighted by Gasteiger charge is -2.39. The highest BCUT2D eigenvalue weighted by molar-refractivity contribution is 5.95. The van der Waals surface area contributed by atoms with Crippen LogP contribution in [0.25, 0.3) is 0 Å². The third-order valence-electron chi connectivity index (χ3n) is 7.35. The number of rotatable bonds is 12. The second-order valence-corrected chi connectivity index (χ2v) is 10.6. The van der Waals surface area contributed by atoms with Crippen molar-refractivity contribution in [1.29, 1.82) is 0 Å². The van der Waals surface area contributed by atoms with E-state index in [4.69, 9.17) is 0 Å². The van der Waals surface area contributed by atoms with Crippen molar-refractivity contribution in [3.8, 4) is 0 Å². The van der Waals surface area contributed by atoms with E-state index in [2.05, 4.69) is 48.0 Å². The van der Waals surface area contributed by atoms with Gasteiger partial charge in [-0.1, -0.05) is 57.9 Å². The molecule has 1 aliphatic rings. The van der Waals surface area contributed by atoms with Crippen molar-refractivity contribution in [2.24, 2.45) is 5.92 Å². The standard InChI is InChI=1S/C31H45N3O2/c1-5-6-7-8-25-9-15-28(16-10-25)31(36)34(23-26-11-13-27(14-12-26)30(35)32-4)29-18-21-33(22-19-29)20-17-24(2)3/h9-16,24,29H,5-8,17-23H2,1-4H3,(H,32,35). The maximum atomic E-state index is 13.8. The Labute approximate surface area is 218 Å². The van der Waals surface area contributed by atoms with Crippen LogP contribution in [0, 0.1) is 5.92 Å². The van der Waals surface area contributed by atoms with E-state index in [9.17, 15) is 9.59 Å². The number of likely N-dealkylation sites (tertiary alicyclic amines) is 1. The minimum absolute atomic E-state index is 0.0951. The number of hydrogen-bond donors (Lipinski definition) is 1. The molecule has 1 N–H and O–H groups in total. The van der Waals surface area contributed by atoms with Gasteiger partial charge in [0.1, 0.15) is 0 Å². The summed E-state index contributed by atoms with van der Waals surface area (Å²) in [5.74, 6) is 0.719. The molecule has 5 heteroatoms. The maximum absolute atomic E-state index is 13.8. The van der Waals surface area contributed by atoms with Crippen molar-refractivity contribution in [3.05, 3.63) is 70.8 Å². The van der Waals surface area contributed by atoms with Gasteiger partial charge in [-0.05, 0) is 80.0 Å². The summed E-state index contributed by atoms with van der Waals surface area (Å²) in [5, 5.41) is 2.67. The summed E-state index contributed by atoms with van der Waals surface area (Å²) in [5.41, 5.74) is 3.75.